The van der Waals surface area contributed by atoms with Gasteiger partial charge in [0.15, 0.2) is 0 Å². The van der Waals surface area contributed by atoms with E-state index < -0.39 is 0 Å². The monoisotopic (exact) mass is 260 g/mol. The zero-order chi connectivity index (χ0) is 13.9. The number of carbonyl (C=O) groups excluding carboxylic acids is 1. The Hall–Kier alpha value is -1.35. The topological polar surface area (TPSA) is 55.1 Å². The van der Waals surface area contributed by atoms with Crippen LogP contribution >= 0.6 is 0 Å². The quantitative estimate of drug-likeness (QED) is 0.853. The maximum absolute atomic E-state index is 11.7. The first-order valence-electron chi connectivity index (χ1n) is 7.18. The predicted octanol–water partition coefficient (Wildman–Crippen LogP) is 2.28. The van der Waals surface area contributed by atoms with Gasteiger partial charge in [-0.25, -0.2) is 0 Å². The number of nitrogens with one attached hydrogen (secondary N) is 1. The van der Waals surface area contributed by atoms with Crippen LogP contribution in [0.4, 0.5) is 0 Å². The van der Waals surface area contributed by atoms with Crippen molar-refractivity contribution in [3.63, 3.8) is 0 Å². The number of benzene rings is 1. The van der Waals surface area contributed by atoms with Crippen molar-refractivity contribution in [2.45, 2.75) is 39.0 Å². The van der Waals surface area contributed by atoms with Gasteiger partial charge in [0.25, 0.3) is 5.91 Å². The zero-order valence-electron chi connectivity index (χ0n) is 12.0. The van der Waals surface area contributed by atoms with Gasteiger partial charge in [-0.1, -0.05) is 13.0 Å². The number of rotatable bonds is 5. The summed E-state index contributed by atoms with van der Waals surface area (Å²) in [6.45, 7) is 3.03. The third kappa shape index (κ3) is 2.81. The first-order valence-corrected chi connectivity index (χ1v) is 7.18. The third-order valence-electron chi connectivity index (χ3n) is 4.49. The summed E-state index contributed by atoms with van der Waals surface area (Å²) in [5, 5.41) is 2.69. The summed E-state index contributed by atoms with van der Waals surface area (Å²) in [6, 6.07) is 6.13. The maximum atomic E-state index is 11.7. The van der Waals surface area contributed by atoms with Crippen molar-refractivity contribution in [2.24, 2.45) is 11.1 Å². The van der Waals surface area contributed by atoms with Crippen LogP contribution in [-0.4, -0.2) is 19.5 Å². The van der Waals surface area contributed by atoms with E-state index in [-0.39, 0.29) is 5.91 Å². The van der Waals surface area contributed by atoms with Crippen LogP contribution in [0.3, 0.4) is 0 Å². The lowest BCUT2D eigenvalue weighted by Gasteiger charge is -2.27. The number of hydrogen-bond acceptors (Lipinski definition) is 2. The molecule has 0 aromatic heterocycles. The molecule has 2 rings (SSSR count). The first kappa shape index (κ1) is 14.1. The van der Waals surface area contributed by atoms with Crippen LogP contribution in [0.25, 0.3) is 0 Å². The normalized spacial score (nSPS) is 21.2. The van der Waals surface area contributed by atoms with Crippen LogP contribution in [0.1, 0.15) is 47.7 Å². The second-order valence-electron chi connectivity index (χ2n) is 5.66. The van der Waals surface area contributed by atoms with E-state index in [1.807, 2.05) is 6.07 Å². The van der Waals surface area contributed by atoms with E-state index >= 15 is 0 Å². The molecule has 3 N–H and O–H groups in total. The summed E-state index contributed by atoms with van der Waals surface area (Å²) in [4.78, 5) is 11.7. The van der Waals surface area contributed by atoms with Gasteiger partial charge in [-0.15, -0.1) is 0 Å². The lowest BCUT2D eigenvalue weighted by atomic mass is 9.78. The van der Waals surface area contributed by atoms with Crippen molar-refractivity contribution in [2.75, 3.05) is 13.6 Å². The molecule has 19 heavy (non-hydrogen) atoms. The molecule has 0 spiro atoms. The zero-order valence-corrected chi connectivity index (χ0v) is 12.0. The second kappa shape index (κ2) is 5.74. The van der Waals surface area contributed by atoms with E-state index in [9.17, 15) is 4.79 Å². The molecule has 0 heterocycles. The standard InChI is InChI=1S/C16H24N2O/c1-3-16(7-4-8-17)10-13-6-5-12(15(19)18-2)9-14(13)11-16/h5-6,9H,3-4,7-8,10-11,17H2,1-2H3,(H,18,19)/t16-/m1/s1. The molecule has 0 unspecified atom stereocenters. The Kier molecular flexibility index (Phi) is 4.25. The van der Waals surface area contributed by atoms with Crippen molar-refractivity contribution < 1.29 is 4.79 Å². The van der Waals surface area contributed by atoms with Crippen molar-refractivity contribution in [1.29, 1.82) is 0 Å². The first-order chi connectivity index (χ1) is 9.14. The maximum Gasteiger partial charge on any atom is 0.251 e. The molecule has 1 aliphatic rings. The fourth-order valence-electron chi connectivity index (χ4n) is 3.20. The predicted molar refractivity (Wildman–Crippen MR) is 78.3 cm³/mol. The van der Waals surface area contributed by atoms with E-state index in [0.29, 0.717) is 5.41 Å². The molecule has 0 fully saturated rings. The van der Waals surface area contributed by atoms with Gasteiger partial charge in [0, 0.05) is 12.6 Å². The molecule has 3 heteroatoms. The minimum atomic E-state index is -0.00115. The molecular weight excluding hydrogens is 236 g/mol. The second-order valence-corrected chi connectivity index (χ2v) is 5.66. The van der Waals surface area contributed by atoms with Gasteiger partial charge in [0.05, 0.1) is 0 Å². The van der Waals surface area contributed by atoms with Crippen molar-refractivity contribution in [3.8, 4) is 0 Å². The molecule has 0 aliphatic heterocycles. The molecule has 104 valence electrons. The highest BCUT2D eigenvalue weighted by molar-refractivity contribution is 5.94. The smallest absolute Gasteiger partial charge is 0.251 e. The Balaban J connectivity index is 2.21. The average Bonchev–Trinajstić information content (AvgIpc) is 2.82. The minimum absolute atomic E-state index is 0.00115. The third-order valence-corrected chi connectivity index (χ3v) is 4.49. The Labute approximate surface area is 115 Å². The van der Waals surface area contributed by atoms with E-state index in [4.69, 9.17) is 5.73 Å². The summed E-state index contributed by atoms with van der Waals surface area (Å²) in [5.74, 6) is -0.00115. The number of hydrogen-bond donors (Lipinski definition) is 2. The van der Waals surface area contributed by atoms with E-state index in [0.717, 1.165) is 31.4 Å². The SMILES string of the molecule is CC[C@@]1(CCCN)Cc2ccc(C(=O)NC)cc2C1. The Morgan fingerprint density at radius 1 is 1.37 bits per heavy atom. The van der Waals surface area contributed by atoms with Gasteiger partial charge in [-0.3, -0.25) is 4.79 Å². The van der Waals surface area contributed by atoms with Crippen LogP contribution in [0.5, 0.6) is 0 Å². The highest BCUT2D eigenvalue weighted by atomic mass is 16.1. The van der Waals surface area contributed by atoms with Crippen LogP contribution in [-0.2, 0) is 12.8 Å². The highest BCUT2D eigenvalue weighted by Gasteiger charge is 2.35. The van der Waals surface area contributed by atoms with Crippen molar-refractivity contribution in [1.82, 2.24) is 5.32 Å². The lowest BCUT2D eigenvalue weighted by molar-refractivity contribution is 0.0963. The van der Waals surface area contributed by atoms with Gasteiger partial charge < -0.3 is 11.1 Å². The Morgan fingerprint density at radius 3 is 2.74 bits per heavy atom. The van der Waals surface area contributed by atoms with E-state index in [2.05, 4.69) is 24.4 Å². The van der Waals surface area contributed by atoms with E-state index in [1.54, 1.807) is 7.05 Å². The van der Waals surface area contributed by atoms with Gasteiger partial charge in [0.1, 0.15) is 0 Å². The molecule has 0 saturated carbocycles. The molecule has 3 nitrogen and oxygen atoms in total. The van der Waals surface area contributed by atoms with Gasteiger partial charge >= 0.3 is 0 Å². The Bertz CT molecular complexity index is 470. The summed E-state index contributed by atoms with van der Waals surface area (Å²) < 4.78 is 0. The Morgan fingerprint density at radius 2 is 2.11 bits per heavy atom. The number of fused-ring (bicyclic) bond motifs is 1. The molecule has 1 aliphatic carbocycles. The molecule has 0 bridgehead atoms. The van der Waals surface area contributed by atoms with Gasteiger partial charge in [-0.05, 0) is 67.3 Å². The summed E-state index contributed by atoms with van der Waals surface area (Å²) in [7, 11) is 1.67. The molecule has 1 aromatic rings. The van der Waals surface area contributed by atoms with Crippen LogP contribution in [0.2, 0.25) is 0 Å². The van der Waals surface area contributed by atoms with Gasteiger partial charge in [0.2, 0.25) is 0 Å². The highest BCUT2D eigenvalue weighted by Crippen LogP contribution is 2.43. The molecular formula is C16H24N2O. The number of nitrogens with two attached hydrogens (primary N) is 1. The summed E-state index contributed by atoms with van der Waals surface area (Å²) in [6.07, 6.45) is 5.67. The fourth-order valence-corrected chi connectivity index (χ4v) is 3.20. The largest absolute Gasteiger partial charge is 0.355 e. The fraction of sp³-hybridized carbons (Fsp3) is 0.562. The number of amides is 1. The molecule has 0 saturated heterocycles. The summed E-state index contributed by atoms with van der Waals surface area (Å²) in [5.41, 5.74) is 9.54. The van der Waals surface area contributed by atoms with E-state index in [1.165, 1.54) is 24.0 Å². The van der Waals surface area contributed by atoms with Gasteiger partial charge in [-0.2, -0.15) is 0 Å². The molecule has 1 amide bonds. The summed E-state index contributed by atoms with van der Waals surface area (Å²) >= 11 is 0. The minimum Gasteiger partial charge on any atom is -0.355 e. The van der Waals surface area contributed by atoms with Crippen LogP contribution in [0.15, 0.2) is 18.2 Å². The molecule has 1 aromatic carbocycles. The lowest BCUT2D eigenvalue weighted by Crippen LogP contribution is -2.21. The van der Waals surface area contributed by atoms with Crippen LogP contribution < -0.4 is 11.1 Å². The van der Waals surface area contributed by atoms with Crippen LogP contribution in [0, 0.1) is 5.41 Å². The number of carbonyl (C=O) groups is 1. The van der Waals surface area contributed by atoms with Crippen molar-refractivity contribution in [3.05, 3.63) is 34.9 Å². The molecule has 1 atom stereocenters. The molecule has 0 radical (unpaired) electrons. The van der Waals surface area contributed by atoms with Crippen molar-refractivity contribution >= 4 is 5.91 Å². The average molecular weight is 260 g/mol.